The first-order chi connectivity index (χ1) is 9.76. The molecule has 1 aromatic rings. The molecular formula is C16H26ClN3O. The van der Waals surface area contributed by atoms with Gasteiger partial charge in [0.05, 0.1) is 29.5 Å². The van der Waals surface area contributed by atoms with Gasteiger partial charge in [-0.2, -0.15) is 0 Å². The summed E-state index contributed by atoms with van der Waals surface area (Å²) in [5.41, 5.74) is 0.942. The minimum Gasteiger partial charge on any atom is -0.375 e. The van der Waals surface area contributed by atoms with E-state index in [2.05, 4.69) is 44.8 Å². The van der Waals surface area contributed by atoms with Gasteiger partial charge in [-0.05, 0) is 46.8 Å². The van der Waals surface area contributed by atoms with Crippen LogP contribution in [0.15, 0.2) is 12.1 Å². The van der Waals surface area contributed by atoms with Crippen molar-refractivity contribution < 1.29 is 4.74 Å². The number of rotatable bonds is 3. The van der Waals surface area contributed by atoms with Gasteiger partial charge in [0, 0.05) is 18.6 Å². The standard InChI is InChI=1S/C16H26ClN3O/c1-11-10-21-12(2)9-20(11)15-7-6-13(17)14(19-15)8-18-16(3,4)5/h6-7,11-12,18H,8-10H2,1-5H3. The van der Waals surface area contributed by atoms with Crippen molar-refractivity contribution in [3.05, 3.63) is 22.8 Å². The molecule has 0 saturated carbocycles. The van der Waals surface area contributed by atoms with Crippen LogP contribution in [-0.4, -0.2) is 35.8 Å². The average Bonchev–Trinajstić information content (AvgIpc) is 2.40. The second-order valence-corrected chi connectivity index (χ2v) is 7.25. The fraction of sp³-hybridized carbons (Fsp3) is 0.688. The van der Waals surface area contributed by atoms with Gasteiger partial charge in [0.25, 0.3) is 0 Å². The number of ether oxygens (including phenoxy) is 1. The van der Waals surface area contributed by atoms with Gasteiger partial charge in [0.1, 0.15) is 5.82 Å². The molecule has 21 heavy (non-hydrogen) atoms. The number of morpholine rings is 1. The Labute approximate surface area is 132 Å². The molecule has 0 aromatic carbocycles. The summed E-state index contributed by atoms with van der Waals surface area (Å²) in [4.78, 5) is 7.06. The van der Waals surface area contributed by atoms with Crippen LogP contribution in [0.25, 0.3) is 0 Å². The monoisotopic (exact) mass is 311 g/mol. The molecule has 1 aliphatic heterocycles. The minimum atomic E-state index is 0.0434. The van der Waals surface area contributed by atoms with Gasteiger partial charge < -0.3 is 15.0 Å². The molecule has 4 nitrogen and oxygen atoms in total. The van der Waals surface area contributed by atoms with Crippen molar-refractivity contribution in [3.63, 3.8) is 0 Å². The van der Waals surface area contributed by atoms with Crippen LogP contribution in [0.4, 0.5) is 5.82 Å². The Morgan fingerprint density at radius 3 is 2.76 bits per heavy atom. The van der Waals surface area contributed by atoms with E-state index in [0.29, 0.717) is 17.6 Å². The zero-order chi connectivity index (χ0) is 15.6. The molecule has 0 spiro atoms. The molecule has 0 radical (unpaired) electrons. The Hall–Kier alpha value is -0.840. The fourth-order valence-electron chi connectivity index (χ4n) is 2.33. The van der Waals surface area contributed by atoms with Gasteiger partial charge in [-0.3, -0.25) is 0 Å². The molecule has 1 aliphatic rings. The van der Waals surface area contributed by atoms with Crippen LogP contribution in [0.1, 0.15) is 40.3 Å². The highest BCUT2D eigenvalue weighted by molar-refractivity contribution is 6.31. The van der Waals surface area contributed by atoms with Crippen molar-refractivity contribution in [2.24, 2.45) is 0 Å². The molecule has 118 valence electrons. The lowest BCUT2D eigenvalue weighted by molar-refractivity contribution is 0.0340. The molecule has 1 fully saturated rings. The SMILES string of the molecule is CC1CN(c2ccc(Cl)c(CNC(C)(C)C)n2)C(C)CO1. The van der Waals surface area contributed by atoms with E-state index in [1.807, 2.05) is 12.1 Å². The van der Waals surface area contributed by atoms with E-state index in [0.717, 1.165) is 24.7 Å². The summed E-state index contributed by atoms with van der Waals surface area (Å²) in [7, 11) is 0. The number of halogens is 1. The Morgan fingerprint density at radius 2 is 2.10 bits per heavy atom. The summed E-state index contributed by atoms with van der Waals surface area (Å²) in [5.74, 6) is 0.979. The van der Waals surface area contributed by atoms with Crippen LogP contribution in [0.2, 0.25) is 5.02 Å². The zero-order valence-electron chi connectivity index (χ0n) is 13.6. The second kappa shape index (κ2) is 6.51. The lowest BCUT2D eigenvalue weighted by Crippen LogP contribution is -2.47. The van der Waals surface area contributed by atoms with Crippen LogP contribution in [-0.2, 0) is 11.3 Å². The molecular weight excluding hydrogens is 286 g/mol. The van der Waals surface area contributed by atoms with Crippen LogP contribution in [0.3, 0.4) is 0 Å². The van der Waals surface area contributed by atoms with E-state index >= 15 is 0 Å². The van der Waals surface area contributed by atoms with E-state index in [4.69, 9.17) is 21.3 Å². The third-order valence-corrected chi connectivity index (χ3v) is 3.94. The Balaban J connectivity index is 2.17. The first-order valence-electron chi connectivity index (χ1n) is 7.55. The zero-order valence-corrected chi connectivity index (χ0v) is 14.4. The molecule has 0 bridgehead atoms. The largest absolute Gasteiger partial charge is 0.375 e. The molecule has 2 atom stereocenters. The number of nitrogens with zero attached hydrogens (tertiary/aromatic N) is 2. The number of aromatic nitrogens is 1. The van der Waals surface area contributed by atoms with Crippen molar-refractivity contribution in [2.75, 3.05) is 18.1 Å². The minimum absolute atomic E-state index is 0.0434. The Morgan fingerprint density at radius 1 is 1.38 bits per heavy atom. The molecule has 5 heteroatoms. The predicted octanol–water partition coefficient (Wildman–Crippen LogP) is 3.24. The second-order valence-electron chi connectivity index (χ2n) is 6.85. The van der Waals surface area contributed by atoms with E-state index in [1.165, 1.54) is 0 Å². The first kappa shape index (κ1) is 16.5. The highest BCUT2D eigenvalue weighted by Gasteiger charge is 2.25. The highest BCUT2D eigenvalue weighted by atomic mass is 35.5. The number of anilines is 1. The first-order valence-corrected chi connectivity index (χ1v) is 7.93. The molecule has 1 saturated heterocycles. The maximum atomic E-state index is 6.28. The van der Waals surface area contributed by atoms with Crippen LogP contribution in [0.5, 0.6) is 0 Å². The van der Waals surface area contributed by atoms with Gasteiger partial charge in [-0.15, -0.1) is 0 Å². The summed E-state index contributed by atoms with van der Waals surface area (Å²) in [6.07, 6.45) is 0.231. The van der Waals surface area contributed by atoms with Gasteiger partial charge in [-0.25, -0.2) is 4.98 Å². The highest BCUT2D eigenvalue weighted by Crippen LogP contribution is 2.24. The normalized spacial score (nSPS) is 23.4. The fourth-order valence-corrected chi connectivity index (χ4v) is 2.50. The number of hydrogen-bond donors (Lipinski definition) is 1. The van der Waals surface area contributed by atoms with Crippen molar-refractivity contribution in [2.45, 2.75) is 58.8 Å². The topological polar surface area (TPSA) is 37.4 Å². The van der Waals surface area contributed by atoms with Crippen LogP contribution < -0.4 is 10.2 Å². The summed E-state index contributed by atoms with van der Waals surface area (Å²) in [5, 5.41) is 4.15. The molecule has 0 aliphatic carbocycles. The van der Waals surface area contributed by atoms with Crippen LogP contribution in [0, 0.1) is 0 Å². The quantitative estimate of drug-likeness (QED) is 0.930. The van der Waals surface area contributed by atoms with E-state index in [1.54, 1.807) is 0 Å². The third kappa shape index (κ3) is 4.56. The molecule has 0 amide bonds. The summed E-state index contributed by atoms with van der Waals surface area (Å²) in [6, 6.07) is 4.27. The van der Waals surface area contributed by atoms with E-state index in [-0.39, 0.29) is 11.6 Å². The molecule has 1 aromatic heterocycles. The summed E-state index contributed by atoms with van der Waals surface area (Å²) < 4.78 is 5.68. The van der Waals surface area contributed by atoms with Crippen molar-refractivity contribution in [1.29, 1.82) is 0 Å². The molecule has 2 heterocycles. The third-order valence-electron chi connectivity index (χ3n) is 3.59. The van der Waals surface area contributed by atoms with Crippen molar-refractivity contribution in [1.82, 2.24) is 10.3 Å². The summed E-state index contributed by atoms with van der Waals surface area (Å²) >= 11 is 6.28. The molecule has 2 unspecified atom stereocenters. The lowest BCUT2D eigenvalue weighted by atomic mass is 10.1. The maximum Gasteiger partial charge on any atom is 0.129 e. The van der Waals surface area contributed by atoms with Crippen molar-refractivity contribution >= 4 is 17.4 Å². The smallest absolute Gasteiger partial charge is 0.129 e. The van der Waals surface area contributed by atoms with Gasteiger partial charge in [0.15, 0.2) is 0 Å². The molecule has 1 N–H and O–H groups in total. The van der Waals surface area contributed by atoms with Crippen molar-refractivity contribution in [3.8, 4) is 0 Å². The number of pyridine rings is 1. The van der Waals surface area contributed by atoms with Crippen LogP contribution >= 0.6 is 11.6 Å². The summed E-state index contributed by atoms with van der Waals surface area (Å²) in [6.45, 7) is 12.9. The number of nitrogens with one attached hydrogen (secondary N) is 1. The van der Waals surface area contributed by atoms with Gasteiger partial charge in [0.2, 0.25) is 0 Å². The van der Waals surface area contributed by atoms with Gasteiger partial charge in [-0.1, -0.05) is 11.6 Å². The van der Waals surface area contributed by atoms with E-state index < -0.39 is 0 Å². The maximum absolute atomic E-state index is 6.28. The average molecular weight is 312 g/mol. The van der Waals surface area contributed by atoms with Gasteiger partial charge >= 0.3 is 0 Å². The lowest BCUT2D eigenvalue weighted by Gasteiger charge is -2.37. The molecule has 2 rings (SSSR count). The number of hydrogen-bond acceptors (Lipinski definition) is 4. The Bertz CT molecular complexity index is 487. The Kier molecular flexibility index (Phi) is 5.12. The van der Waals surface area contributed by atoms with E-state index in [9.17, 15) is 0 Å². The predicted molar refractivity (Wildman–Crippen MR) is 88.1 cm³/mol.